The molecule has 0 bridgehead atoms. The predicted molar refractivity (Wildman–Crippen MR) is 133 cm³/mol. The molecule has 0 aliphatic heterocycles. The van der Waals surface area contributed by atoms with E-state index >= 15 is 0 Å². The Morgan fingerprint density at radius 2 is 1.82 bits per heavy atom. The average Bonchev–Trinajstić information content (AvgIpc) is 2.84. The number of amides is 1. The van der Waals surface area contributed by atoms with E-state index in [-0.39, 0.29) is 41.9 Å². The number of pyridine rings is 1. The van der Waals surface area contributed by atoms with Crippen molar-refractivity contribution < 1.29 is 14.7 Å². The Kier molecular flexibility index (Phi) is 11.0. The van der Waals surface area contributed by atoms with Gasteiger partial charge in [-0.1, -0.05) is 60.3 Å². The number of rotatable bonds is 12. The van der Waals surface area contributed by atoms with Crippen molar-refractivity contribution >= 4 is 11.7 Å². The van der Waals surface area contributed by atoms with E-state index < -0.39 is 12.1 Å². The summed E-state index contributed by atoms with van der Waals surface area (Å²) in [6.07, 6.45) is 8.70. The van der Waals surface area contributed by atoms with E-state index in [0.29, 0.717) is 12.8 Å². The van der Waals surface area contributed by atoms with Gasteiger partial charge >= 0.3 is 0 Å². The molecule has 0 saturated heterocycles. The molecule has 4 atom stereocenters. The fourth-order valence-corrected chi connectivity index (χ4v) is 4.86. The molecule has 1 aromatic heterocycles. The third-order valence-electron chi connectivity index (χ3n) is 7.48. The molecule has 1 amide bonds. The van der Waals surface area contributed by atoms with Gasteiger partial charge in [0.1, 0.15) is 0 Å². The summed E-state index contributed by atoms with van der Waals surface area (Å²) in [4.78, 5) is 31.0. The first-order chi connectivity index (χ1) is 15.7. The third-order valence-corrected chi connectivity index (χ3v) is 7.48. The van der Waals surface area contributed by atoms with Crippen LogP contribution in [0.3, 0.4) is 0 Å². The second-order valence-corrected chi connectivity index (χ2v) is 10.2. The zero-order chi connectivity index (χ0) is 24.5. The van der Waals surface area contributed by atoms with E-state index in [0.717, 1.165) is 48.9 Å². The molecule has 1 unspecified atom stereocenters. The molecular formula is C27H45N3O3. The van der Waals surface area contributed by atoms with Gasteiger partial charge in [-0.25, -0.2) is 0 Å². The van der Waals surface area contributed by atoms with Crippen molar-refractivity contribution in [3.8, 4) is 0 Å². The quantitative estimate of drug-likeness (QED) is 0.392. The topological polar surface area (TPSA) is 105 Å². The van der Waals surface area contributed by atoms with Gasteiger partial charge in [0.05, 0.1) is 24.4 Å². The van der Waals surface area contributed by atoms with Gasteiger partial charge in [-0.2, -0.15) is 0 Å². The Bertz CT molecular complexity index is 774. The van der Waals surface area contributed by atoms with Crippen molar-refractivity contribution in [3.05, 3.63) is 29.1 Å². The number of carbonyl (C=O) groups is 2. The van der Waals surface area contributed by atoms with Crippen LogP contribution in [0.2, 0.25) is 0 Å². The highest BCUT2D eigenvalue weighted by Crippen LogP contribution is 2.37. The van der Waals surface area contributed by atoms with Crippen molar-refractivity contribution in [2.45, 2.75) is 111 Å². The summed E-state index contributed by atoms with van der Waals surface area (Å²) in [5.41, 5.74) is 8.60. The number of nitrogens with zero attached hydrogens (tertiary/aromatic N) is 1. The lowest BCUT2D eigenvalue weighted by molar-refractivity contribution is -0.123. The van der Waals surface area contributed by atoms with Crippen LogP contribution in [0, 0.1) is 17.8 Å². The Labute approximate surface area is 200 Å². The molecule has 6 nitrogen and oxygen atoms in total. The SMILES string of the molecule is CC[C@H](O)CC(C(=O)c1ccnc(CNC(=O)[C@@H](N)[C@@H](C)CC)c1C1CCCCC1)C(C)C. The highest BCUT2D eigenvalue weighted by molar-refractivity contribution is 5.99. The van der Waals surface area contributed by atoms with Crippen molar-refractivity contribution in [1.82, 2.24) is 10.3 Å². The smallest absolute Gasteiger partial charge is 0.237 e. The lowest BCUT2D eigenvalue weighted by Gasteiger charge is -2.29. The molecule has 1 aliphatic rings. The fourth-order valence-electron chi connectivity index (χ4n) is 4.86. The zero-order valence-electron chi connectivity index (χ0n) is 21.3. The molecule has 0 aromatic carbocycles. The largest absolute Gasteiger partial charge is 0.393 e. The molecular weight excluding hydrogens is 414 g/mol. The number of carbonyl (C=O) groups excluding carboxylic acids is 2. The summed E-state index contributed by atoms with van der Waals surface area (Å²) in [6, 6.07) is 1.29. The van der Waals surface area contributed by atoms with Crippen LogP contribution in [0.25, 0.3) is 0 Å². The normalized spacial score (nSPS) is 18.5. The molecule has 1 aliphatic carbocycles. The predicted octanol–water partition coefficient (Wildman–Crippen LogP) is 4.73. The Balaban J connectivity index is 2.38. The molecule has 0 radical (unpaired) electrons. The molecule has 0 spiro atoms. The van der Waals surface area contributed by atoms with Crippen molar-refractivity contribution in [2.75, 3.05) is 0 Å². The maximum atomic E-state index is 13.8. The first-order valence-corrected chi connectivity index (χ1v) is 12.9. The molecule has 1 heterocycles. The number of nitrogens with one attached hydrogen (secondary N) is 1. The molecule has 1 aromatic rings. The number of nitrogens with two attached hydrogens (primary N) is 1. The van der Waals surface area contributed by atoms with Gasteiger partial charge < -0.3 is 16.2 Å². The van der Waals surface area contributed by atoms with Crippen LogP contribution in [0.15, 0.2) is 12.3 Å². The van der Waals surface area contributed by atoms with Gasteiger partial charge in [-0.3, -0.25) is 14.6 Å². The van der Waals surface area contributed by atoms with E-state index in [1.54, 1.807) is 6.20 Å². The lowest BCUT2D eigenvalue weighted by Crippen LogP contribution is -2.44. The van der Waals surface area contributed by atoms with Crippen LogP contribution in [0.1, 0.15) is 114 Å². The highest BCUT2D eigenvalue weighted by Gasteiger charge is 2.31. The second kappa shape index (κ2) is 13.2. The fraction of sp³-hybridized carbons (Fsp3) is 0.741. The van der Waals surface area contributed by atoms with Gasteiger partial charge in [-0.15, -0.1) is 0 Å². The zero-order valence-corrected chi connectivity index (χ0v) is 21.3. The summed E-state index contributed by atoms with van der Waals surface area (Å²) in [7, 11) is 0. The van der Waals surface area contributed by atoms with Gasteiger partial charge in [-0.05, 0) is 55.1 Å². The van der Waals surface area contributed by atoms with Crippen LogP contribution >= 0.6 is 0 Å². The maximum Gasteiger partial charge on any atom is 0.237 e. The minimum atomic E-state index is -0.557. The molecule has 186 valence electrons. The van der Waals surface area contributed by atoms with Gasteiger partial charge in [0.2, 0.25) is 5.91 Å². The van der Waals surface area contributed by atoms with Gasteiger partial charge in [0, 0.05) is 17.7 Å². The average molecular weight is 460 g/mol. The number of hydrogen-bond donors (Lipinski definition) is 3. The lowest BCUT2D eigenvalue weighted by atomic mass is 9.77. The van der Waals surface area contributed by atoms with E-state index in [2.05, 4.69) is 10.3 Å². The first kappa shape index (κ1) is 27.5. The van der Waals surface area contributed by atoms with E-state index in [1.165, 1.54) is 6.42 Å². The minimum Gasteiger partial charge on any atom is -0.393 e. The summed E-state index contributed by atoms with van der Waals surface area (Å²) in [5, 5.41) is 13.3. The van der Waals surface area contributed by atoms with Gasteiger partial charge in [0.15, 0.2) is 5.78 Å². The summed E-state index contributed by atoms with van der Waals surface area (Å²) < 4.78 is 0. The second-order valence-electron chi connectivity index (χ2n) is 10.2. The third kappa shape index (κ3) is 7.35. The highest BCUT2D eigenvalue weighted by atomic mass is 16.3. The van der Waals surface area contributed by atoms with Crippen LogP contribution in [-0.2, 0) is 11.3 Å². The van der Waals surface area contributed by atoms with Crippen molar-refractivity contribution in [3.63, 3.8) is 0 Å². The molecule has 33 heavy (non-hydrogen) atoms. The number of aromatic nitrogens is 1. The Hall–Kier alpha value is -1.79. The van der Waals surface area contributed by atoms with Crippen LogP contribution < -0.4 is 11.1 Å². The van der Waals surface area contributed by atoms with Crippen LogP contribution in [-0.4, -0.2) is 33.9 Å². The number of ketones is 1. The monoisotopic (exact) mass is 459 g/mol. The summed E-state index contributed by atoms with van der Waals surface area (Å²) in [6.45, 7) is 10.3. The summed E-state index contributed by atoms with van der Waals surface area (Å²) in [5.74, 6) is 0.160. The van der Waals surface area contributed by atoms with Crippen LogP contribution in [0.5, 0.6) is 0 Å². The molecule has 1 saturated carbocycles. The van der Waals surface area contributed by atoms with Gasteiger partial charge in [0.25, 0.3) is 0 Å². The van der Waals surface area contributed by atoms with Crippen molar-refractivity contribution in [2.24, 2.45) is 23.5 Å². The number of Topliss-reactive ketones (excluding diaryl/α,β-unsaturated/α-hetero) is 1. The Morgan fingerprint density at radius 3 is 2.39 bits per heavy atom. The molecule has 4 N–H and O–H groups in total. The molecule has 1 fully saturated rings. The number of hydrogen-bond acceptors (Lipinski definition) is 5. The first-order valence-electron chi connectivity index (χ1n) is 12.9. The van der Waals surface area contributed by atoms with E-state index in [4.69, 9.17) is 5.73 Å². The van der Waals surface area contributed by atoms with E-state index in [9.17, 15) is 14.7 Å². The summed E-state index contributed by atoms with van der Waals surface area (Å²) >= 11 is 0. The molecule has 2 rings (SSSR count). The van der Waals surface area contributed by atoms with E-state index in [1.807, 2.05) is 40.7 Å². The molecule has 6 heteroatoms. The number of aliphatic hydroxyl groups excluding tert-OH is 1. The van der Waals surface area contributed by atoms with Crippen LogP contribution in [0.4, 0.5) is 0 Å². The maximum absolute atomic E-state index is 13.8. The Morgan fingerprint density at radius 1 is 1.15 bits per heavy atom. The number of aliphatic hydroxyl groups is 1. The standard InChI is InChI=1S/C27H45N3O3/c1-6-18(5)25(28)27(33)30-16-23-24(19-11-9-8-10-12-19)21(13-14-29-23)26(32)22(17(3)4)15-20(31)7-2/h13-14,17-20,22,25,31H,6-12,15-16,28H2,1-5H3,(H,30,33)/t18-,20-,22?,25-/m0/s1. The van der Waals surface area contributed by atoms with Crippen molar-refractivity contribution in [1.29, 1.82) is 0 Å². The minimum absolute atomic E-state index is 0.0874.